The molecule has 0 fully saturated rings. The molecule has 3 aromatic rings. The Balaban J connectivity index is 1.72. The van der Waals surface area contributed by atoms with Gasteiger partial charge in [-0.3, -0.25) is 4.79 Å². The lowest BCUT2D eigenvalue weighted by molar-refractivity contribution is -0.115. The van der Waals surface area contributed by atoms with Crippen molar-refractivity contribution in [3.05, 3.63) is 82.0 Å². The SMILES string of the molecule is CC1=C(C(N)=O)[C@@H](c2ccccc2Cl)n2nc(SCc3ccccc3)nc2N1. The molecule has 2 aromatic carbocycles. The summed E-state index contributed by atoms with van der Waals surface area (Å²) in [4.78, 5) is 16.8. The van der Waals surface area contributed by atoms with Gasteiger partial charge in [-0.25, -0.2) is 4.68 Å². The summed E-state index contributed by atoms with van der Waals surface area (Å²) in [6, 6.07) is 17.0. The molecule has 6 nitrogen and oxygen atoms in total. The number of benzene rings is 2. The predicted octanol–water partition coefficient (Wildman–Crippen LogP) is 4.00. The van der Waals surface area contributed by atoms with Gasteiger partial charge in [0.2, 0.25) is 17.0 Å². The lowest BCUT2D eigenvalue weighted by Crippen LogP contribution is -2.32. The van der Waals surface area contributed by atoms with Crippen LogP contribution in [0, 0.1) is 0 Å². The largest absolute Gasteiger partial charge is 0.366 e. The van der Waals surface area contributed by atoms with Crippen LogP contribution in [0.5, 0.6) is 0 Å². The number of nitrogens with two attached hydrogens (primary N) is 1. The van der Waals surface area contributed by atoms with E-state index >= 15 is 0 Å². The lowest BCUT2D eigenvalue weighted by Gasteiger charge is -2.28. The Morgan fingerprint density at radius 1 is 1.21 bits per heavy atom. The Bertz CT molecular complexity index is 1060. The van der Waals surface area contributed by atoms with E-state index in [4.69, 9.17) is 17.3 Å². The number of nitrogens with one attached hydrogen (secondary N) is 1. The summed E-state index contributed by atoms with van der Waals surface area (Å²) >= 11 is 7.96. The van der Waals surface area contributed by atoms with E-state index in [1.807, 2.05) is 36.4 Å². The van der Waals surface area contributed by atoms with E-state index in [1.165, 1.54) is 17.3 Å². The number of amides is 1. The number of anilines is 1. The van der Waals surface area contributed by atoms with Gasteiger partial charge in [-0.15, -0.1) is 5.10 Å². The minimum atomic E-state index is -0.527. The molecule has 1 atom stereocenters. The van der Waals surface area contributed by atoms with Crippen LogP contribution < -0.4 is 11.1 Å². The van der Waals surface area contributed by atoms with Crippen LogP contribution in [-0.2, 0) is 10.5 Å². The first-order valence-electron chi connectivity index (χ1n) is 8.70. The molecule has 3 N–H and O–H groups in total. The first-order valence-corrected chi connectivity index (χ1v) is 10.1. The monoisotopic (exact) mass is 411 g/mol. The maximum atomic E-state index is 12.2. The van der Waals surface area contributed by atoms with Crippen molar-refractivity contribution in [3.63, 3.8) is 0 Å². The Morgan fingerprint density at radius 3 is 2.64 bits per heavy atom. The second-order valence-corrected chi connectivity index (χ2v) is 7.74. The van der Waals surface area contributed by atoms with Gasteiger partial charge in [-0.1, -0.05) is 71.9 Å². The molecule has 4 rings (SSSR count). The van der Waals surface area contributed by atoms with Crippen molar-refractivity contribution in [1.82, 2.24) is 14.8 Å². The number of primary amides is 1. The number of carbonyl (C=O) groups excluding carboxylic acids is 1. The maximum Gasteiger partial charge on any atom is 0.248 e. The second kappa shape index (κ2) is 7.69. The average molecular weight is 412 g/mol. The van der Waals surface area contributed by atoms with Gasteiger partial charge in [0.15, 0.2) is 0 Å². The molecule has 8 heteroatoms. The van der Waals surface area contributed by atoms with E-state index in [-0.39, 0.29) is 0 Å². The van der Waals surface area contributed by atoms with Crippen molar-refractivity contribution in [2.45, 2.75) is 23.9 Å². The Kier molecular flexibility index (Phi) is 5.11. The molecule has 1 aliphatic heterocycles. The molecular weight excluding hydrogens is 394 g/mol. The summed E-state index contributed by atoms with van der Waals surface area (Å²) in [5, 5.41) is 8.93. The fourth-order valence-corrected chi connectivity index (χ4v) is 4.24. The van der Waals surface area contributed by atoms with Gasteiger partial charge >= 0.3 is 0 Å². The fraction of sp³-hybridized carbons (Fsp3) is 0.150. The minimum absolute atomic E-state index is 0.421. The third-order valence-corrected chi connectivity index (χ3v) is 5.76. The first-order chi connectivity index (χ1) is 13.5. The van der Waals surface area contributed by atoms with E-state index in [1.54, 1.807) is 17.7 Å². The van der Waals surface area contributed by atoms with Gasteiger partial charge in [-0.05, 0) is 18.6 Å². The summed E-state index contributed by atoms with van der Waals surface area (Å²) in [5.74, 6) is 0.786. The third kappa shape index (κ3) is 3.50. The number of thioether (sulfide) groups is 1. The highest BCUT2D eigenvalue weighted by Gasteiger charge is 2.34. The number of fused-ring (bicyclic) bond motifs is 1. The Morgan fingerprint density at radius 2 is 1.93 bits per heavy atom. The molecule has 1 aliphatic rings. The molecule has 0 spiro atoms. The highest BCUT2D eigenvalue weighted by molar-refractivity contribution is 7.98. The van der Waals surface area contributed by atoms with E-state index in [9.17, 15) is 4.79 Å². The highest BCUT2D eigenvalue weighted by atomic mass is 35.5. The standard InChI is InChI=1S/C20H18ClN5OS/c1-12-16(18(22)27)17(14-9-5-6-10-15(14)21)26-19(23-12)24-20(25-26)28-11-13-7-3-2-4-8-13/h2-10,17H,11H2,1H3,(H2,22,27)(H,23,24,25)/t17-/m1/s1. The summed E-state index contributed by atoms with van der Waals surface area (Å²) in [6.07, 6.45) is 0. The van der Waals surface area contributed by atoms with Crippen LogP contribution in [0.3, 0.4) is 0 Å². The third-order valence-electron chi connectivity index (χ3n) is 4.51. The van der Waals surface area contributed by atoms with Crippen LogP contribution >= 0.6 is 23.4 Å². The van der Waals surface area contributed by atoms with Gasteiger partial charge in [0.25, 0.3) is 0 Å². The Hall–Kier alpha value is -2.77. The quantitative estimate of drug-likeness (QED) is 0.620. The number of allylic oxidation sites excluding steroid dienone is 1. The summed E-state index contributed by atoms with van der Waals surface area (Å²) in [6.45, 7) is 1.80. The molecule has 1 amide bonds. The second-order valence-electron chi connectivity index (χ2n) is 6.39. The molecule has 0 unspecified atom stereocenters. The van der Waals surface area contributed by atoms with Crippen molar-refractivity contribution in [2.75, 3.05) is 5.32 Å². The molecule has 0 radical (unpaired) electrons. The molecule has 0 aliphatic carbocycles. The molecule has 0 saturated heterocycles. The van der Waals surface area contributed by atoms with Crippen LogP contribution in [0.25, 0.3) is 0 Å². The number of halogens is 1. The lowest BCUT2D eigenvalue weighted by atomic mass is 9.95. The Labute approximate surface area is 171 Å². The van der Waals surface area contributed by atoms with Gasteiger partial charge in [0.05, 0.1) is 5.57 Å². The van der Waals surface area contributed by atoms with Crippen LogP contribution in [-0.4, -0.2) is 20.7 Å². The molecule has 28 heavy (non-hydrogen) atoms. The number of hydrogen-bond acceptors (Lipinski definition) is 5. The summed E-state index contributed by atoms with van der Waals surface area (Å²) < 4.78 is 1.68. The van der Waals surface area contributed by atoms with Gasteiger partial charge < -0.3 is 11.1 Å². The zero-order chi connectivity index (χ0) is 19.7. The first kappa shape index (κ1) is 18.6. The highest BCUT2D eigenvalue weighted by Crippen LogP contribution is 2.38. The van der Waals surface area contributed by atoms with Crippen LogP contribution in [0.1, 0.15) is 24.1 Å². The molecule has 0 saturated carbocycles. The van der Waals surface area contributed by atoms with Crippen LogP contribution in [0.2, 0.25) is 5.02 Å². The zero-order valence-electron chi connectivity index (χ0n) is 15.1. The van der Waals surface area contributed by atoms with Crippen molar-refractivity contribution < 1.29 is 4.79 Å². The van der Waals surface area contributed by atoms with E-state index in [0.717, 1.165) is 11.3 Å². The number of nitrogens with zero attached hydrogens (tertiary/aromatic N) is 3. The number of carbonyl (C=O) groups is 1. The molecule has 2 heterocycles. The van der Waals surface area contributed by atoms with Crippen molar-refractivity contribution in [1.29, 1.82) is 0 Å². The predicted molar refractivity (Wildman–Crippen MR) is 111 cm³/mol. The van der Waals surface area contributed by atoms with E-state index < -0.39 is 11.9 Å². The van der Waals surface area contributed by atoms with Crippen LogP contribution in [0.15, 0.2) is 71.0 Å². The van der Waals surface area contributed by atoms with Crippen LogP contribution in [0.4, 0.5) is 5.95 Å². The normalized spacial score (nSPS) is 15.9. The maximum absolute atomic E-state index is 12.2. The molecule has 1 aromatic heterocycles. The summed E-state index contributed by atoms with van der Waals surface area (Å²) in [7, 11) is 0. The number of aromatic nitrogens is 3. The smallest absolute Gasteiger partial charge is 0.248 e. The van der Waals surface area contributed by atoms with Gasteiger partial charge in [-0.2, -0.15) is 4.98 Å². The van der Waals surface area contributed by atoms with Gasteiger partial charge in [0.1, 0.15) is 6.04 Å². The minimum Gasteiger partial charge on any atom is -0.366 e. The molecule has 0 bridgehead atoms. The molecule has 142 valence electrons. The fourth-order valence-electron chi connectivity index (χ4n) is 3.22. The number of hydrogen-bond donors (Lipinski definition) is 2. The van der Waals surface area contributed by atoms with Crippen molar-refractivity contribution >= 4 is 35.2 Å². The van der Waals surface area contributed by atoms with E-state index in [0.29, 0.717) is 27.4 Å². The van der Waals surface area contributed by atoms with E-state index in [2.05, 4.69) is 27.5 Å². The van der Waals surface area contributed by atoms with Crippen molar-refractivity contribution in [3.8, 4) is 0 Å². The zero-order valence-corrected chi connectivity index (χ0v) is 16.7. The molecular formula is C20H18ClN5OS. The number of rotatable bonds is 5. The van der Waals surface area contributed by atoms with Gasteiger partial charge in [0, 0.05) is 22.0 Å². The topological polar surface area (TPSA) is 85.8 Å². The average Bonchev–Trinajstić information content (AvgIpc) is 3.09. The summed E-state index contributed by atoms with van der Waals surface area (Å²) in [5.41, 5.74) is 8.70. The van der Waals surface area contributed by atoms with Crippen molar-refractivity contribution in [2.24, 2.45) is 5.73 Å².